The molecular formula is C23H28N2O. The monoisotopic (exact) mass is 348 g/mol. The summed E-state index contributed by atoms with van der Waals surface area (Å²) in [5.41, 5.74) is 3.79. The van der Waals surface area contributed by atoms with Crippen LogP contribution in [-0.2, 0) is 10.8 Å². The lowest BCUT2D eigenvalue weighted by molar-refractivity contribution is -0.599. The number of para-hydroxylation sites is 1. The molecule has 3 aromatic rings. The summed E-state index contributed by atoms with van der Waals surface area (Å²) in [5.74, 6) is 0.317. The summed E-state index contributed by atoms with van der Waals surface area (Å²) in [6.07, 6.45) is 7.20. The number of hydrogen-bond acceptors (Lipinski definition) is 1. The lowest BCUT2D eigenvalue weighted by Crippen LogP contribution is -2.28. The van der Waals surface area contributed by atoms with Crippen molar-refractivity contribution in [2.75, 3.05) is 0 Å². The lowest BCUT2D eigenvalue weighted by atomic mass is 9.79. The molecule has 0 aliphatic rings. The van der Waals surface area contributed by atoms with E-state index in [1.165, 1.54) is 5.56 Å². The van der Waals surface area contributed by atoms with Crippen LogP contribution >= 0.6 is 0 Å². The molecule has 0 bridgehead atoms. The summed E-state index contributed by atoms with van der Waals surface area (Å²) < 4.78 is 3.80. The third-order valence-electron chi connectivity index (χ3n) is 4.64. The summed E-state index contributed by atoms with van der Waals surface area (Å²) >= 11 is 0. The Morgan fingerprint density at radius 1 is 0.923 bits per heavy atom. The minimum absolute atomic E-state index is 0.00892. The number of benzene rings is 2. The van der Waals surface area contributed by atoms with Crippen molar-refractivity contribution in [1.29, 1.82) is 0 Å². The molecule has 1 aromatic heterocycles. The standard InChI is InChI=1S/C23H28N2O/c1-22(2,3)17-14-19(23(4,5)6)21(26)20(15-17)25-13-12-24(16-25)18-10-8-7-9-11-18/h7-15,26H,1-6H3. The molecule has 0 saturated carbocycles. The van der Waals surface area contributed by atoms with Gasteiger partial charge in [0.2, 0.25) is 0 Å². The molecule has 0 amide bonds. The highest BCUT2D eigenvalue weighted by Gasteiger charge is 2.25. The molecule has 0 fully saturated rings. The normalized spacial score (nSPS) is 12.4. The van der Waals surface area contributed by atoms with Crippen molar-refractivity contribution in [3.05, 3.63) is 72.3 Å². The first-order valence-corrected chi connectivity index (χ1v) is 9.03. The number of phenols is 1. The quantitative estimate of drug-likeness (QED) is 0.520. The van der Waals surface area contributed by atoms with Gasteiger partial charge < -0.3 is 5.11 Å². The largest absolute Gasteiger partial charge is 0.511 e. The predicted octanol–water partition coefficient (Wildman–Crippen LogP) is 4.85. The van der Waals surface area contributed by atoms with Crippen LogP contribution in [0.2, 0.25) is 0 Å². The first-order chi connectivity index (χ1) is 12.1. The molecule has 3 heteroatoms. The number of aromatic hydroxyl groups is 1. The molecule has 0 saturated heterocycles. The van der Waals surface area contributed by atoms with Crippen molar-refractivity contribution in [1.82, 2.24) is 4.57 Å². The van der Waals surface area contributed by atoms with E-state index in [1.807, 2.05) is 51.9 Å². The van der Waals surface area contributed by atoms with Gasteiger partial charge in [-0.25, -0.2) is 0 Å². The minimum atomic E-state index is -0.150. The van der Waals surface area contributed by atoms with Crippen molar-refractivity contribution in [3.63, 3.8) is 0 Å². The fourth-order valence-corrected chi connectivity index (χ4v) is 2.99. The fourth-order valence-electron chi connectivity index (χ4n) is 2.99. The van der Waals surface area contributed by atoms with Crippen molar-refractivity contribution >= 4 is 0 Å². The highest BCUT2D eigenvalue weighted by Crippen LogP contribution is 2.39. The smallest absolute Gasteiger partial charge is 0.268 e. The third kappa shape index (κ3) is 3.52. The van der Waals surface area contributed by atoms with Gasteiger partial charge in [0.15, 0.2) is 0 Å². The molecule has 26 heavy (non-hydrogen) atoms. The van der Waals surface area contributed by atoms with Crippen LogP contribution < -0.4 is 4.57 Å². The molecule has 0 aliphatic heterocycles. The molecular weight excluding hydrogens is 320 g/mol. The second-order valence-corrected chi connectivity index (χ2v) is 8.87. The van der Waals surface area contributed by atoms with Crippen LogP contribution in [0.1, 0.15) is 52.7 Å². The van der Waals surface area contributed by atoms with E-state index in [2.05, 4.69) is 60.0 Å². The maximum atomic E-state index is 11.0. The zero-order valence-corrected chi connectivity index (χ0v) is 16.5. The second-order valence-electron chi connectivity index (χ2n) is 8.87. The van der Waals surface area contributed by atoms with Gasteiger partial charge >= 0.3 is 0 Å². The van der Waals surface area contributed by atoms with Gasteiger partial charge in [-0.1, -0.05) is 65.8 Å². The molecule has 2 aromatic carbocycles. The maximum absolute atomic E-state index is 11.0. The average Bonchev–Trinajstić information content (AvgIpc) is 3.03. The maximum Gasteiger partial charge on any atom is 0.268 e. The Bertz CT molecular complexity index is 910. The van der Waals surface area contributed by atoms with Gasteiger partial charge in [0, 0.05) is 12.4 Å². The van der Waals surface area contributed by atoms with Gasteiger partial charge in [-0.15, -0.1) is 0 Å². The molecule has 1 heterocycles. The Morgan fingerprint density at radius 2 is 1.58 bits per heavy atom. The lowest BCUT2D eigenvalue weighted by Gasteiger charge is -2.27. The first-order valence-electron chi connectivity index (χ1n) is 9.03. The van der Waals surface area contributed by atoms with E-state index in [-0.39, 0.29) is 10.8 Å². The Kier molecular flexibility index (Phi) is 4.43. The zero-order chi connectivity index (χ0) is 19.1. The number of phenolic OH excluding ortho intramolecular Hbond substituents is 1. The van der Waals surface area contributed by atoms with E-state index < -0.39 is 0 Å². The topological polar surface area (TPSA) is 29.0 Å². The molecule has 1 N–H and O–H groups in total. The first kappa shape index (κ1) is 18.2. The van der Waals surface area contributed by atoms with Crippen LogP contribution in [0.25, 0.3) is 11.4 Å². The summed E-state index contributed by atoms with van der Waals surface area (Å²) in [6.45, 7) is 13.0. The van der Waals surface area contributed by atoms with E-state index in [1.54, 1.807) is 0 Å². The van der Waals surface area contributed by atoms with E-state index >= 15 is 0 Å². The second kappa shape index (κ2) is 6.31. The van der Waals surface area contributed by atoms with Gasteiger partial charge in [0.1, 0.15) is 11.4 Å². The highest BCUT2D eigenvalue weighted by atomic mass is 16.3. The van der Waals surface area contributed by atoms with Crippen LogP contribution in [0.4, 0.5) is 0 Å². The van der Waals surface area contributed by atoms with Crippen LogP contribution in [-0.4, -0.2) is 9.67 Å². The number of hydrogen-bond donors (Lipinski definition) is 1. The van der Waals surface area contributed by atoms with Gasteiger partial charge in [0.05, 0.1) is 5.69 Å². The van der Waals surface area contributed by atoms with Crippen molar-refractivity contribution in [2.24, 2.45) is 0 Å². The van der Waals surface area contributed by atoms with Gasteiger partial charge in [-0.3, -0.25) is 9.13 Å². The molecule has 3 nitrogen and oxygen atoms in total. The Balaban J connectivity index is 2.17. The van der Waals surface area contributed by atoms with E-state index in [4.69, 9.17) is 0 Å². The van der Waals surface area contributed by atoms with Crippen LogP contribution in [0.15, 0.2) is 54.9 Å². The van der Waals surface area contributed by atoms with Crippen molar-refractivity contribution in [2.45, 2.75) is 52.4 Å². The summed E-state index contributed by atoms with van der Waals surface area (Å²) in [5, 5.41) is 11.0. The Labute approximate surface area is 156 Å². The van der Waals surface area contributed by atoms with Gasteiger partial charge in [-0.05, 0) is 40.2 Å². The molecule has 0 atom stereocenters. The average molecular weight is 348 g/mol. The Morgan fingerprint density at radius 3 is 2.15 bits per heavy atom. The number of imidazole rings is 1. The minimum Gasteiger partial charge on any atom is -0.511 e. The van der Waals surface area contributed by atoms with Crippen molar-refractivity contribution in [3.8, 4) is 17.1 Å². The highest BCUT2D eigenvalue weighted by molar-refractivity contribution is 5.56. The molecule has 0 radical (unpaired) electrons. The third-order valence-corrected chi connectivity index (χ3v) is 4.64. The zero-order valence-electron chi connectivity index (χ0n) is 16.5. The van der Waals surface area contributed by atoms with Gasteiger partial charge in [-0.2, -0.15) is 0 Å². The molecule has 0 aliphatic carbocycles. The van der Waals surface area contributed by atoms with Crippen LogP contribution in [0.5, 0.6) is 5.75 Å². The van der Waals surface area contributed by atoms with Gasteiger partial charge in [0.25, 0.3) is 6.33 Å². The summed E-state index contributed by atoms with van der Waals surface area (Å²) in [4.78, 5) is 0. The summed E-state index contributed by atoms with van der Waals surface area (Å²) in [7, 11) is 0. The van der Waals surface area contributed by atoms with E-state index in [0.29, 0.717) is 5.75 Å². The van der Waals surface area contributed by atoms with E-state index in [0.717, 1.165) is 16.9 Å². The summed E-state index contributed by atoms with van der Waals surface area (Å²) in [6, 6.07) is 14.3. The fraction of sp³-hybridized carbons (Fsp3) is 0.348. The number of aromatic nitrogens is 2. The number of nitrogens with zero attached hydrogens (tertiary/aromatic N) is 2. The molecule has 0 spiro atoms. The molecule has 0 unspecified atom stereocenters. The predicted molar refractivity (Wildman–Crippen MR) is 105 cm³/mol. The van der Waals surface area contributed by atoms with Crippen LogP contribution in [0.3, 0.4) is 0 Å². The van der Waals surface area contributed by atoms with Crippen molar-refractivity contribution < 1.29 is 9.67 Å². The van der Waals surface area contributed by atoms with E-state index in [9.17, 15) is 5.11 Å². The van der Waals surface area contributed by atoms with Crippen LogP contribution in [0, 0.1) is 6.33 Å². The SMILES string of the molecule is CC(C)(C)c1cc(-n2[c-][n+](-c3ccccc3)cc2)c(O)c(C(C)(C)C)c1. The molecule has 3 rings (SSSR count). The molecule has 136 valence electrons. The Hall–Kier alpha value is -2.55. The number of rotatable bonds is 2.